The van der Waals surface area contributed by atoms with Crippen LogP contribution < -0.4 is 4.57 Å². The zero-order valence-corrected chi connectivity index (χ0v) is 18.7. The van der Waals surface area contributed by atoms with Crippen LogP contribution in [0.1, 0.15) is 67.0 Å². The molecule has 30 heavy (non-hydrogen) atoms. The third-order valence-corrected chi connectivity index (χ3v) is 7.08. The molecule has 154 valence electrons. The summed E-state index contributed by atoms with van der Waals surface area (Å²) in [6.45, 7) is 9.03. The Hall–Kier alpha value is -2.68. The predicted octanol–water partition coefficient (Wildman–Crippen LogP) is 6.44. The van der Waals surface area contributed by atoms with Crippen LogP contribution in [0.25, 0.3) is 33.2 Å². The first-order valence-electron chi connectivity index (χ1n) is 12.2. The topological polar surface area (TPSA) is 29.9 Å². The molecule has 2 aromatic heterocycles. The van der Waals surface area contributed by atoms with Crippen molar-refractivity contribution in [2.45, 2.75) is 65.1 Å². The molecule has 0 radical (unpaired) electrons. The van der Waals surface area contributed by atoms with Crippen molar-refractivity contribution in [2.24, 2.45) is 7.05 Å². The first-order valence-corrected chi connectivity index (χ1v) is 10.7. The Bertz CT molecular complexity index is 1430. The Kier molecular flexibility index (Phi) is 3.30. The molecule has 0 saturated carbocycles. The van der Waals surface area contributed by atoms with Gasteiger partial charge in [-0.1, -0.05) is 56.9 Å². The molecule has 3 nitrogen and oxygen atoms in total. The van der Waals surface area contributed by atoms with E-state index < -0.39 is 6.85 Å². The average Bonchev–Trinajstić information content (AvgIpc) is 3.09. The van der Waals surface area contributed by atoms with Crippen molar-refractivity contribution in [3.05, 3.63) is 59.0 Å². The minimum atomic E-state index is -2.27. The van der Waals surface area contributed by atoms with Crippen LogP contribution in [0.4, 0.5) is 0 Å². The highest BCUT2D eigenvalue weighted by Crippen LogP contribution is 2.50. The summed E-state index contributed by atoms with van der Waals surface area (Å²) >= 11 is 0. The minimum Gasteiger partial charge on any atom is -0.455 e. The number of hydrogen-bond donors (Lipinski definition) is 0. The lowest BCUT2D eigenvalue weighted by Crippen LogP contribution is -2.33. The molecular weight excluding hydrogens is 368 g/mol. The van der Waals surface area contributed by atoms with Gasteiger partial charge in [0.1, 0.15) is 16.9 Å². The highest BCUT2D eigenvalue weighted by atomic mass is 16.3. The lowest BCUT2D eigenvalue weighted by molar-refractivity contribution is -0.663. The third-order valence-electron chi connectivity index (χ3n) is 7.08. The Morgan fingerprint density at radius 1 is 1.00 bits per heavy atom. The molecule has 0 bridgehead atoms. The van der Waals surface area contributed by atoms with Crippen molar-refractivity contribution >= 4 is 21.9 Å². The first kappa shape index (κ1) is 16.1. The van der Waals surface area contributed by atoms with Crippen LogP contribution >= 0.6 is 0 Å². The van der Waals surface area contributed by atoms with Gasteiger partial charge in [-0.3, -0.25) is 0 Å². The normalized spacial score (nSPS) is 19.3. The van der Waals surface area contributed by atoms with Crippen LogP contribution in [0.15, 0.2) is 41.1 Å². The third kappa shape index (κ3) is 2.64. The largest absolute Gasteiger partial charge is 0.455 e. The maximum absolute atomic E-state index is 7.83. The van der Waals surface area contributed by atoms with Crippen LogP contribution in [0.3, 0.4) is 0 Å². The summed E-state index contributed by atoms with van der Waals surface area (Å²) in [5.41, 5.74) is 7.37. The summed E-state index contributed by atoms with van der Waals surface area (Å²) in [7, 11) is 1.89. The molecule has 1 aliphatic rings. The molecule has 0 aliphatic heterocycles. The first-order chi connectivity index (χ1) is 15.3. The van der Waals surface area contributed by atoms with Gasteiger partial charge >= 0.3 is 0 Å². The second kappa shape index (κ2) is 6.16. The van der Waals surface area contributed by atoms with Gasteiger partial charge in [-0.25, -0.2) is 4.57 Å². The molecule has 0 amide bonds. The lowest BCUT2D eigenvalue weighted by Gasteiger charge is -2.41. The van der Waals surface area contributed by atoms with Crippen LogP contribution in [0.2, 0.25) is 0 Å². The fourth-order valence-electron chi connectivity index (χ4n) is 5.17. The van der Waals surface area contributed by atoms with Gasteiger partial charge in [0.05, 0.1) is 12.6 Å². The molecule has 0 unspecified atom stereocenters. The Morgan fingerprint density at radius 2 is 1.70 bits per heavy atom. The van der Waals surface area contributed by atoms with Crippen LogP contribution in [-0.2, 0) is 17.9 Å². The molecule has 3 heteroatoms. The number of aromatic nitrogens is 2. The van der Waals surface area contributed by atoms with Gasteiger partial charge in [0, 0.05) is 33.4 Å². The van der Waals surface area contributed by atoms with E-state index >= 15 is 0 Å². The van der Waals surface area contributed by atoms with E-state index in [0.29, 0.717) is 0 Å². The van der Waals surface area contributed by atoms with E-state index in [4.69, 9.17) is 8.53 Å². The summed E-state index contributed by atoms with van der Waals surface area (Å²) < 4.78 is 32.1. The maximum Gasteiger partial charge on any atom is 0.286 e. The van der Waals surface area contributed by atoms with E-state index in [2.05, 4.69) is 56.9 Å². The number of benzene rings is 2. The van der Waals surface area contributed by atoms with E-state index in [1.807, 2.05) is 18.5 Å². The van der Waals surface area contributed by atoms with Crippen molar-refractivity contribution in [1.29, 1.82) is 0 Å². The van der Waals surface area contributed by atoms with Crippen molar-refractivity contribution in [3.8, 4) is 11.3 Å². The quantitative estimate of drug-likeness (QED) is 0.343. The number of fused-ring (bicyclic) bond motifs is 5. The van der Waals surface area contributed by atoms with E-state index in [1.165, 1.54) is 11.1 Å². The average molecular weight is 403 g/mol. The number of rotatable bonds is 1. The lowest BCUT2D eigenvalue weighted by atomic mass is 9.63. The number of aryl methyl sites for hydroxylation is 3. The zero-order valence-electron chi connectivity index (χ0n) is 21.7. The second-order valence-corrected chi connectivity index (χ2v) is 10.1. The number of hydrogen-bond acceptors (Lipinski definition) is 2. The van der Waals surface area contributed by atoms with Crippen molar-refractivity contribution in [3.63, 3.8) is 0 Å². The molecule has 2 aromatic carbocycles. The van der Waals surface area contributed by atoms with Gasteiger partial charge in [-0.15, -0.1) is 0 Å². The van der Waals surface area contributed by atoms with Crippen molar-refractivity contribution in [1.82, 2.24) is 4.98 Å². The number of nitrogens with zero attached hydrogens (tertiary/aromatic N) is 2. The fourth-order valence-corrected chi connectivity index (χ4v) is 5.17. The molecule has 0 saturated heterocycles. The monoisotopic (exact) mass is 402 g/mol. The zero-order chi connectivity index (χ0) is 23.9. The molecule has 1 aliphatic carbocycles. The molecule has 2 heterocycles. The van der Waals surface area contributed by atoms with Gasteiger partial charge in [0.25, 0.3) is 6.33 Å². The summed E-state index contributed by atoms with van der Waals surface area (Å²) in [5, 5.41) is 2.17. The minimum absolute atomic E-state index is 0.0171. The van der Waals surface area contributed by atoms with Gasteiger partial charge in [-0.05, 0) is 41.7 Å². The Morgan fingerprint density at radius 3 is 2.47 bits per heavy atom. The summed E-state index contributed by atoms with van der Waals surface area (Å²) in [6.07, 6.45) is 3.83. The highest BCUT2D eigenvalue weighted by Gasteiger charge is 2.39. The molecule has 0 atom stereocenters. The van der Waals surface area contributed by atoms with Crippen molar-refractivity contribution < 1.29 is 13.1 Å². The molecule has 0 spiro atoms. The standard InChI is InChI=1S/C27H31N2O/c1-16-8-9-18-19-10-11-20-23(27(5,6)13-12-26(20,3)4)25(19)30-24(18)22(16)21-14-17(2)28-15-29(21)7/h8-11,14-15H,12-13H2,1-7H3/q+1/i2D3. The molecule has 0 N–H and O–H groups in total. The molecule has 5 rings (SSSR count). The van der Waals surface area contributed by atoms with Crippen molar-refractivity contribution in [2.75, 3.05) is 0 Å². The Balaban J connectivity index is 1.88. The van der Waals surface area contributed by atoms with Crippen LogP contribution in [0.5, 0.6) is 0 Å². The summed E-state index contributed by atoms with van der Waals surface area (Å²) in [6, 6.07) is 10.4. The van der Waals surface area contributed by atoms with E-state index in [0.717, 1.165) is 51.6 Å². The van der Waals surface area contributed by atoms with E-state index in [1.54, 1.807) is 12.4 Å². The molecule has 4 aromatic rings. The van der Waals surface area contributed by atoms with Gasteiger partial charge in [-0.2, -0.15) is 0 Å². The highest BCUT2D eigenvalue weighted by molar-refractivity contribution is 6.11. The van der Waals surface area contributed by atoms with Gasteiger partial charge in [0.15, 0.2) is 5.69 Å². The van der Waals surface area contributed by atoms with E-state index in [9.17, 15) is 0 Å². The van der Waals surface area contributed by atoms with Gasteiger partial charge in [0.2, 0.25) is 0 Å². The van der Waals surface area contributed by atoms with Crippen LogP contribution in [-0.4, -0.2) is 4.98 Å². The smallest absolute Gasteiger partial charge is 0.286 e. The van der Waals surface area contributed by atoms with E-state index in [-0.39, 0.29) is 16.5 Å². The molecule has 0 fully saturated rings. The van der Waals surface area contributed by atoms with Gasteiger partial charge < -0.3 is 4.42 Å². The number of furan rings is 1. The SMILES string of the molecule is [2H]C([2H])([2H])c1cc(-c2c(C)ccc3c2oc2c4c(ccc23)C(C)(C)CCC4(C)C)[n+](C)cn1. The molecular formula is C27H31N2O+. The summed E-state index contributed by atoms with van der Waals surface area (Å²) in [4.78, 5) is 4.15. The Labute approximate surface area is 183 Å². The van der Waals surface area contributed by atoms with Crippen LogP contribution in [0, 0.1) is 13.8 Å². The maximum atomic E-state index is 7.83. The fraction of sp³-hybridized carbons (Fsp3) is 0.407. The predicted molar refractivity (Wildman–Crippen MR) is 123 cm³/mol. The second-order valence-electron chi connectivity index (χ2n) is 10.1. The summed E-state index contributed by atoms with van der Waals surface area (Å²) in [5.74, 6) is 0.